The lowest BCUT2D eigenvalue weighted by atomic mass is 9.99. The number of rotatable bonds is 43. The number of aliphatic hydroxyl groups excluding tert-OH is 5. The lowest BCUT2D eigenvalue weighted by molar-refractivity contribution is -0.302. The van der Waals surface area contributed by atoms with Crippen molar-refractivity contribution >= 4 is 5.91 Å². The predicted molar refractivity (Wildman–Crippen MR) is 244 cm³/mol. The number of carbonyl (C=O) groups excluding carboxylic acids is 1. The predicted octanol–water partition coefficient (Wildman–Crippen LogP) is 11.3. The summed E-state index contributed by atoms with van der Waals surface area (Å²) in [5, 5.41) is 54.4. The van der Waals surface area contributed by atoms with E-state index in [0.29, 0.717) is 12.8 Å². The quantitative estimate of drug-likeness (QED) is 0.0263. The zero-order chi connectivity index (χ0) is 43.0. The molecule has 7 atom stereocenters. The number of ether oxygens (including phenoxy) is 2. The van der Waals surface area contributed by atoms with Crippen LogP contribution in [0.15, 0.2) is 12.2 Å². The van der Waals surface area contributed by atoms with Gasteiger partial charge in [-0.2, -0.15) is 0 Å². The van der Waals surface area contributed by atoms with E-state index in [1.165, 1.54) is 180 Å². The summed E-state index contributed by atoms with van der Waals surface area (Å²) in [6, 6.07) is -0.714. The third-order valence-corrected chi connectivity index (χ3v) is 12.4. The topological polar surface area (TPSA) is 149 Å². The van der Waals surface area contributed by atoms with E-state index in [4.69, 9.17) is 9.47 Å². The Kier molecular flexibility index (Phi) is 38.9. The summed E-state index contributed by atoms with van der Waals surface area (Å²) in [7, 11) is 0. The first-order valence-electron chi connectivity index (χ1n) is 25.4. The van der Waals surface area contributed by atoms with Crippen molar-refractivity contribution in [3.05, 3.63) is 12.2 Å². The van der Waals surface area contributed by atoms with Crippen molar-refractivity contribution < 1.29 is 39.8 Å². The minimum Gasteiger partial charge on any atom is -0.394 e. The van der Waals surface area contributed by atoms with Crippen molar-refractivity contribution in [3.63, 3.8) is 0 Å². The smallest absolute Gasteiger partial charge is 0.220 e. The van der Waals surface area contributed by atoms with Crippen molar-refractivity contribution in [2.45, 2.75) is 288 Å². The molecule has 0 aliphatic carbocycles. The average Bonchev–Trinajstić information content (AvgIpc) is 3.23. The molecule has 6 N–H and O–H groups in total. The molecule has 0 aromatic heterocycles. The largest absolute Gasteiger partial charge is 0.394 e. The van der Waals surface area contributed by atoms with Crippen molar-refractivity contribution in [3.8, 4) is 0 Å². The molecule has 0 saturated carbocycles. The summed E-state index contributed by atoms with van der Waals surface area (Å²) in [6.45, 7) is 3.84. The molecule has 1 aliphatic rings. The van der Waals surface area contributed by atoms with Gasteiger partial charge in [-0.1, -0.05) is 212 Å². The summed E-state index contributed by atoms with van der Waals surface area (Å²) < 4.78 is 11.3. The molecule has 1 heterocycles. The number of hydrogen-bond donors (Lipinski definition) is 6. The van der Waals surface area contributed by atoms with Crippen LogP contribution in [0.5, 0.6) is 0 Å². The normalized spacial score (nSPS) is 20.7. The Bertz CT molecular complexity index is 935. The van der Waals surface area contributed by atoms with Gasteiger partial charge in [0.2, 0.25) is 5.91 Å². The summed E-state index contributed by atoms with van der Waals surface area (Å²) in [4.78, 5) is 13.0. The van der Waals surface area contributed by atoms with Crippen LogP contribution < -0.4 is 5.32 Å². The fourth-order valence-electron chi connectivity index (χ4n) is 8.27. The molecule has 2 unspecified atom stereocenters. The molecule has 9 nitrogen and oxygen atoms in total. The van der Waals surface area contributed by atoms with Crippen LogP contribution in [0.25, 0.3) is 0 Å². The van der Waals surface area contributed by atoms with E-state index in [2.05, 4.69) is 31.3 Å². The van der Waals surface area contributed by atoms with Gasteiger partial charge < -0.3 is 40.3 Å². The Morgan fingerprint density at radius 2 is 0.949 bits per heavy atom. The van der Waals surface area contributed by atoms with Crippen molar-refractivity contribution in [1.29, 1.82) is 0 Å². The second-order valence-corrected chi connectivity index (χ2v) is 18.0. The molecule has 350 valence electrons. The van der Waals surface area contributed by atoms with E-state index >= 15 is 0 Å². The highest BCUT2D eigenvalue weighted by Gasteiger charge is 2.44. The molecule has 1 saturated heterocycles. The van der Waals surface area contributed by atoms with Gasteiger partial charge in [0.15, 0.2) is 6.29 Å². The Morgan fingerprint density at radius 1 is 0.559 bits per heavy atom. The summed E-state index contributed by atoms with van der Waals surface area (Å²) in [5.74, 6) is -0.142. The molecule has 1 amide bonds. The van der Waals surface area contributed by atoms with Crippen molar-refractivity contribution in [2.24, 2.45) is 0 Å². The maximum absolute atomic E-state index is 13.0. The van der Waals surface area contributed by atoms with Crippen LogP contribution in [-0.4, -0.2) is 87.5 Å². The lowest BCUT2D eigenvalue weighted by Crippen LogP contribution is -2.60. The molecule has 1 rings (SSSR count). The van der Waals surface area contributed by atoms with Crippen LogP contribution in [0, 0.1) is 0 Å². The van der Waals surface area contributed by atoms with Gasteiger partial charge in [0.1, 0.15) is 24.4 Å². The second kappa shape index (κ2) is 41.0. The fraction of sp³-hybridized carbons (Fsp3) is 0.940. The van der Waals surface area contributed by atoms with Crippen LogP contribution in [-0.2, 0) is 14.3 Å². The summed E-state index contributed by atoms with van der Waals surface area (Å²) in [5.41, 5.74) is 0. The highest BCUT2D eigenvalue weighted by molar-refractivity contribution is 5.76. The zero-order valence-electron chi connectivity index (χ0n) is 38.5. The van der Waals surface area contributed by atoms with Gasteiger partial charge in [0.25, 0.3) is 0 Å². The third kappa shape index (κ3) is 31.4. The van der Waals surface area contributed by atoms with Gasteiger partial charge in [0.05, 0.1) is 25.4 Å². The van der Waals surface area contributed by atoms with E-state index in [1.807, 2.05) is 0 Å². The standard InChI is InChI=1S/C50H97NO8/c1-3-5-7-9-11-13-15-17-18-19-20-21-22-23-24-25-26-28-30-32-34-36-38-40-46(54)51-43(42-58-50-49(57)48(56)47(55)45(41-52)59-50)44(53)39-37-35-33-31-29-27-16-14-12-10-8-6-4-2/h17-18,43-45,47-50,52-53,55-57H,3-16,19-42H2,1-2H3,(H,51,54)/b18-17-/t43-,44+,45+,47-,48?,49?,50+/m0/s1. The highest BCUT2D eigenvalue weighted by Crippen LogP contribution is 2.23. The zero-order valence-corrected chi connectivity index (χ0v) is 38.5. The summed E-state index contributed by atoms with van der Waals surface area (Å²) in [6.07, 6.45) is 40.8. The number of nitrogens with one attached hydrogen (secondary N) is 1. The molecule has 0 aromatic carbocycles. The Hall–Kier alpha value is -1.07. The summed E-state index contributed by atoms with van der Waals surface area (Å²) >= 11 is 0. The van der Waals surface area contributed by atoms with Crippen LogP contribution in [0.2, 0.25) is 0 Å². The average molecular weight is 840 g/mol. The molecular formula is C50H97NO8. The van der Waals surface area contributed by atoms with Gasteiger partial charge in [0, 0.05) is 6.42 Å². The van der Waals surface area contributed by atoms with E-state index in [1.54, 1.807) is 0 Å². The van der Waals surface area contributed by atoms with Gasteiger partial charge in [-0.3, -0.25) is 4.79 Å². The van der Waals surface area contributed by atoms with E-state index in [0.717, 1.165) is 38.5 Å². The number of unbranched alkanes of at least 4 members (excludes halogenated alkanes) is 31. The van der Waals surface area contributed by atoms with Crippen molar-refractivity contribution in [2.75, 3.05) is 13.2 Å². The molecule has 59 heavy (non-hydrogen) atoms. The molecule has 1 aliphatic heterocycles. The van der Waals surface area contributed by atoms with Gasteiger partial charge in [-0.25, -0.2) is 0 Å². The van der Waals surface area contributed by atoms with Gasteiger partial charge in [-0.05, 0) is 38.5 Å². The minimum atomic E-state index is -1.55. The molecule has 0 aromatic rings. The second-order valence-electron chi connectivity index (χ2n) is 18.0. The highest BCUT2D eigenvalue weighted by atomic mass is 16.7. The maximum atomic E-state index is 13.0. The first-order valence-corrected chi connectivity index (χ1v) is 25.4. The molecule has 0 radical (unpaired) electrons. The molecule has 0 spiro atoms. The van der Waals surface area contributed by atoms with E-state index in [9.17, 15) is 30.3 Å². The van der Waals surface area contributed by atoms with E-state index < -0.39 is 49.5 Å². The monoisotopic (exact) mass is 840 g/mol. The first kappa shape index (κ1) is 55.9. The van der Waals surface area contributed by atoms with Crippen LogP contribution in [0.1, 0.15) is 245 Å². The third-order valence-electron chi connectivity index (χ3n) is 12.4. The maximum Gasteiger partial charge on any atom is 0.220 e. The number of carbonyl (C=O) groups is 1. The van der Waals surface area contributed by atoms with Crippen LogP contribution >= 0.6 is 0 Å². The fourth-order valence-corrected chi connectivity index (χ4v) is 8.27. The molecule has 9 heteroatoms. The van der Waals surface area contributed by atoms with Crippen LogP contribution in [0.4, 0.5) is 0 Å². The molecular weight excluding hydrogens is 743 g/mol. The minimum absolute atomic E-state index is 0.134. The Labute approximate surface area is 363 Å². The molecule has 1 fully saturated rings. The van der Waals surface area contributed by atoms with E-state index in [-0.39, 0.29) is 12.5 Å². The first-order chi connectivity index (χ1) is 28.8. The number of allylic oxidation sites excluding steroid dienone is 2. The lowest BCUT2D eigenvalue weighted by Gasteiger charge is -2.40. The molecule has 0 bridgehead atoms. The number of hydrogen-bond acceptors (Lipinski definition) is 8. The van der Waals surface area contributed by atoms with Gasteiger partial charge in [-0.15, -0.1) is 0 Å². The van der Waals surface area contributed by atoms with Crippen LogP contribution in [0.3, 0.4) is 0 Å². The van der Waals surface area contributed by atoms with Crippen molar-refractivity contribution in [1.82, 2.24) is 5.32 Å². The number of aliphatic hydroxyl groups is 5. The van der Waals surface area contributed by atoms with Gasteiger partial charge >= 0.3 is 0 Å². The Balaban J connectivity index is 2.22. The Morgan fingerprint density at radius 3 is 1.37 bits per heavy atom. The SMILES string of the molecule is CCCCCCCC/C=C\CCCCCCCCCCCCCCCC(=O)N[C@@H](CO[C@@H]1O[C@H](CO)[C@H](O)C(O)C1O)[C@H](O)CCCCCCCCCCCCCCC. The number of amides is 1.